The number of nitrogens with one attached hydrogen (secondary N) is 2. The average molecular weight is 360 g/mol. The molecule has 0 aromatic carbocycles. The molecule has 142 valence electrons. The summed E-state index contributed by atoms with van der Waals surface area (Å²) in [7, 11) is 0. The lowest BCUT2D eigenvalue weighted by Crippen LogP contribution is -2.57. The van der Waals surface area contributed by atoms with Crippen LogP contribution in [0.4, 0.5) is 0 Å². The SMILES string of the molecule is CC(NC(=O)C(N)CO)C(=O)NC(CO)C(=O)N1CCCC1C(=O)O. The van der Waals surface area contributed by atoms with E-state index in [1.165, 1.54) is 6.92 Å². The number of nitrogens with zero attached hydrogens (tertiary/aromatic N) is 1. The Bertz CT molecular complexity index is 527. The Labute approximate surface area is 144 Å². The summed E-state index contributed by atoms with van der Waals surface area (Å²) in [5.74, 6) is -3.35. The number of amides is 3. The van der Waals surface area contributed by atoms with Crippen LogP contribution in [0.2, 0.25) is 0 Å². The first-order chi connectivity index (χ1) is 11.7. The second-order valence-electron chi connectivity index (χ2n) is 5.79. The number of aliphatic hydroxyl groups excluding tert-OH is 2. The first-order valence-electron chi connectivity index (χ1n) is 7.84. The molecule has 0 spiro atoms. The number of nitrogens with two attached hydrogens (primary N) is 1. The number of carboxylic acid groups (broad SMARTS) is 1. The molecule has 11 nitrogen and oxygen atoms in total. The molecule has 4 atom stereocenters. The Morgan fingerprint density at radius 3 is 2.32 bits per heavy atom. The number of hydrogen-bond donors (Lipinski definition) is 6. The fourth-order valence-corrected chi connectivity index (χ4v) is 2.44. The molecule has 0 bridgehead atoms. The third-order valence-corrected chi connectivity index (χ3v) is 3.90. The number of carbonyl (C=O) groups excluding carboxylic acids is 3. The maximum Gasteiger partial charge on any atom is 0.326 e. The monoisotopic (exact) mass is 360 g/mol. The van der Waals surface area contributed by atoms with E-state index in [1.54, 1.807) is 0 Å². The molecule has 0 radical (unpaired) electrons. The summed E-state index contributed by atoms with van der Waals surface area (Å²) in [5.41, 5.74) is 5.32. The minimum atomic E-state index is -1.32. The Morgan fingerprint density at radius 2 is 1.80 bits per heavy atom. The second kappa shape index (κ2) is 9.30. The molecular formula is C14H24N4O7. The van der Waals surface area contributed by atoms with Crippen LogP contribution in [-0.2, 0) is 19.2 Å². The Hall–Kier alpha value is -2.24. The molecule has 1 aliphatic rings. The normalized spacial score (nSPS) is 20.5. The van der Waals surface area contributed by atoms with E-state index in [2.05, 4.69) is 10.6 Å². The van der Waals surface area contributed by atoms with Crippen LogP contribution < -0.4 is 16.4 Å². The molecule has 0 aromatic heterocycles. The molecule has 1 saturated heterocycles. The summed E-state index contributed by atoms with van der Waals surface area (Å²) in [4.78, 5) is 48.2. The van der Waals surface area contributed by atoms with Gasteiger partial charge in [-0.25, -0.2) is 4.79 Å². The van der Waals surface area contributed by atoms with Gasteiger partial charge >= 0.3 is 5.97 Å². The van der Waals surface area contributed by atoms with Crippen LogP contribution in [-0.4, -0.2) is 87.8 Å². The minimum absolute atomic E-state index is 0.222. The van der Waals surface area contributed by atoms with Gasteiger partial charge in [0.05, 0.1) is 13.2 Å². The van der Waals surface area contributed by atoms with E-state index in [9.17, 15) is 24.3 Å². The summed E-state index contributed by atoms with van der Waals surface area (Å²) >= 11 is 0. The molecule has 7 N–H and O–H groups in total. The van der Waals surface area contributed by atoms with Gasteiger partial charge in [0.2, 0.25) is 17.7 Å². The van der Waals surface area contributed by atoms with Crippen molar-refractivity contribution in [1.82, 2.24) is 15.5 Å². The van der Waals surface area contributed by atoms with Gasteiger partial charge in [-0.3, -0.25) is 14.4 Å². The number of likely N-dealkylation sites (tertiary alicyclic amines) is 1. The van der Waals surface area contributed by atoms with Crippen molar-refractivity contribution in [1.29, 1.82) is 0 Å². The van der Waals surface area contributed by atoms with E-state index in [1.807, 2.05) is 0 Å². The van der Waals surface area contributed by atoms with Gasteiger partial charge in [0.25, 0.3) is 0 Å². The van der Waals surface area contributed by atoms with Gasteiger partial charge in [0.15, 0.2) is 0 Å². The van der Waals surface area contributed by atoms with Gasteiger partial charge in [0.1, 0.15) is 24.2 Å². The average Bonchev–Trinajstić information content (AvgIpc) is 3.07. The van der Waals surface area contributed by atoms with E-state index in [-0.39, 0.29) is 6.54 Å². The van der Waals surface area contributed by atoms with E-state index in [4.69, 9.17) is 15.9 Å². The van der Waals surface area contributed by atoms with Crippen LogP contribution in [0.15, 0.2) is 0 Å². The van der Waals surface area contributed by atoms with E-state index in [0.29, 0.717) is 12.8 Å². The molecule has 1 aliphatic heterocycles. The fraction of sp³-hybridized carbons (Fsp3) is 0.714. The lowest BCUT2D eigenvalue weighted by atomic mass is 10.2. The lowest BCUT2D eigenvalue weighted by Gasteiger charge is -2.27. The quantitative estimate of drug-likeness (QED) is 0.256. The van der Waals surface area contributed by atoms with Crippen molar-refractivity contribution < 1.29 is 34.5 Å². The molecule has 1 fully saturated rings. The van der Waals surface area contributed by atoms with Crippen molar-refractivity contribution in [2.45, 2.75) is 43.9 Å². The van der Waals surface area contributed by atoms with Crippen LogP contribution in [0.25, 0.3) is 0 Å². The van der Waals surface area contributed by atoms with Crippen molar-refractivity contribution >= 4 is 23.7 Å². The van der Waals surface area contributed by atoms with Crippen LogP contribution in [0.3, 0.4) is 0 Å². The predicted octanol–water partition coefficient (Wildman–Crippen LogP) is -3.64. The fourth-order valence-electron chi connectivity index (χ4n) is 2.44. The van der Waals surface area contributed by atoms with Gasteiger partial charge < -0.3 is 36.6 Å². The number of aliphatic hydroxyl groups is 2. The summed E-state index contributed by atoms with van der Waals surface area (Å²) in [5, 5.41) is 31.8. The van der Waals surface area contributed by atoms with Gasteiger partial charge in [-0.05, 0) is 19.8 Å². The third-order valence-electron chi connectivity index (χ3n) is 3.90. The van der Waals surface area contributed by atoms with Gasteiger partial charge in [-0.1, -0.05) is 0 Å². The smallest absolute Gasteiger partial charge is 0.326 e. The van der Waals surface area contributed by atoms with E-state index >= 15 is 0 Å². The van der Waals surface area contributed by atoms with E-state index in [0.717, 1.165) is 4.90 Å². The maximum atomic E-state index is 12.4. The first kappa shape index (κ1) is 20.8. The van der Waals surface area contributed by atoms with Crippen LogP contribution in [0.5, 0.6) is 0 Å². The largest absolute Gasteiger partial charge is 0.480 e. The molecule has 3 amide bonds. The second-order valence-corrected chi connectivity index (χ2v) is 5.79. The number of rotatable bonds is 8. The summed E-state index contributed by atoms with van der Waals surface area (Å²) in [6.45, 7) is 0.250. The van der Waals surface area contributed by atoms with Gasteiger partial charge in [-0.15, -0.1) is 0 Å². The molecule has 25 heavy (non-hydrogen) atoms. The molecule has 1 heterocycles. The maximum absolute atomic E-state index is 12.4. The highest BCUT2D eigenvalue weighted by Gasteiger charge is 2.37. The zero-order chi connectivity index (χ0) is 19.1. The Balaban J connectivity index is 2.68. The summed E-state index contributed by atoms with van der Waals surface area (Å²) in [6.07, 6.45) is 0.818. The van der Waals surface area contributed by atoms with Crippen molar-refractivity contribution in [3.8, 4) is 0 Å². The third kappa shape index (κ3) is 5.37. The van der Waals surface area contributed by atoms with Crippen molar-refractivity contribution in [3.63, 3.8) is 0 Å². The van der Waals surface area contributed by atoms with Gasteiger partial charge in [-0.2, -0.15) is 0 Å². The van der Waals surface area contributed by atoms with Crippen molar-refractivity contribution in [3.05, 3.63) is 0 Å². The van der Waals surface area contributed by atoms with Gasteiger partial charge in [0, 0.05) is 6.54 Å². The lowest BCUT2D eigenvalue weighted by molar-refractivity contribution is -0.150. The van der Waals surface area contributed by atoms with Crippen LogP contribution in [0.1, 0.15) is 19.8 Å². The molecule has 0 aromatic rings. The Kier molecular flexibility index (Phi) is 7.74. The standard InChI is InChI=1S/C14H24N4O7/c1-7(16-12(22)8(15)5-19)11(21)17-9(6-20)13(23)18-4-2-3-10(18)14(24)25/h7-10,19-20H,2-6,15H2,1H3,(H,16,22)(H,17,21)(H,24,25). The topological polar surface area (TPSA) is 182 Å². The number of aliphatic carboxylic acids is 1. The predicted molar refractivity (Wildman–Crippen MR) is 84.1 cm³/mol. The highest BCUT2D eigenvalue weighted by atomic mass is 16.4. The Morgan fingerprint density at radius 1 is 1.16 bits per heavy atom. The number of carbonyl (C=O) groups is 4. The highest BCUT2D eigenvalue weighted by molar-refractivity contribution is 5.94. The molecule has 4 unspecified atom stereocenters. The molecule has 0 saturated carbocycles. The van der Waals surface area contributed by atoms with Crippen molar-refractivity contribution in [2.75, 3.05) is 19.8 Å². The summed E-state index contributed by atoms with van der Waals surface area (Å²) < 4.78 is 0. The molecular weight excluding hydrogens is 336 g/mol. The number of hydrogen-bond acceptors (Lipinski definition) is 7. The highest BCUT2D eigenvalue weighted by Crippen LogP contribution is 2.18. The molecule has 1 rings (SSSR count). The minimum Gasteiger partial charge on any atom is -0.480 e. The van der Waals surface area contributed by atoms with E-state index < -0.39 is 61.1 Å². The van der Waals surface area contributed by atoms with Crippen LogP contribution in [0, 0.1) is 0 Å². The summed E-state index contributed by atoms with van der Waals surface area (Å²) in [6, 6.07) is -4.57. The zero-order valence-corrected chi connectivity index (χ0v) is 13.8. The zero-order valence-electron chi connectivity index (χ0n) is 13.8. The van der Waals surface area contributed by atoms with Crippen molar-refractivity contribution in [2.24, 2.45) is 5.73 Å². The molecule has 11 heteroatoms. The molecule has 0 aliphatic carbocycles. The van der Waals surface area contributed by atoms with Crippen LogP contribution >= 0.6 is 0 Å². The number of carboxylic acids is 1. The first-order valence-corrected chi connectivity index (χ1v) is 7.84.